The molecule has 0 fully saturated rings. The first-order valence-corrected chi connectivity index (χ1v) is 48.5. The number of likely N-dealkylation sites (N-methyl/N-ethyl adjacent to an activating group) is 5. The molecular formula is C120H125Cl2F3N10. The van der Waals surface area contributed by atoms with Crippen molar-refractivity contribution in [3.8, 4) is 12.0 Å². The van der Waals surface area contributed by atoms with E-state index in [0.717, 1.165) is 104 Å². The number of rotatable bonds is 10. The average molecular weight is 1840 g/mol. The molecule has 0 bridgehead atoms. The van der Waals surface area contributed by atoms with Crippen LogP contribution in [0.25, 0.3) is 102 Å². The number of hydrogen-bond acceptors (Lipinski definition) is 5. The number of halogens is 5. The minimum atomic E-state index is -0.174. The molecule has 15 heteroatoms. The maximum absolute atomic E-state index is 14.3. The molecule has 5 unspecified atom stereocenters. The van der Waals surface area contributed by atoms with Gasteiger partial charge in [-0.1, -0.05) is 185 Å². The molecule has 690 valence electrons. The third-order valence-corrected chi connectivity index (χ3v) is 29.4. The van der Waals surface area contributed by atoms with Gasteiger partial charge in [-0.15, -0.1) is 0 Å². The van der Waals surface area contributed by atoms with Gasteiger partial charge in [0.2, 0.25) is 0 Å². The Kier molecular flexibility index (Phi) is 28.3. The van der Waals surface area contributed by atoms with E-state index in [4.69, 9.17) is 23.2 Å². The van der Waals surface area contributed by atoms with Gasteiger partial charge in [0.1, 0.15) is 17.5 Å². The predicted octanol–water partition coefficient (Wildman–Crippen LogP) is 29.6. The van der Waals surface area contributed by atoms with Crippen LogP contribution in [-0.4, -0.2) is 115 Å². The van der Waals surface area contributed by atoms with Crippen LogP contribution in [-0.2, 0) is 32.1 Å². The normalized spacial score (nSPS) is 17.8. The first-order valence-electron chi connectivity index (χ1n) is 47.8. The van der Waals surface area contributed by atoms with Crippen molar-refractivity contribution >= 4 is 125 Å². The second-order valence-electron chi connectivity index (χ2n) is 38.1. The summed E-state index contributed by atoms with van der Waals surface area (Å²) in [5.74, 6) is 2.81. The quantitative estimate of drug-likeness (QED) is 0.128. The number of hydrogen-bond donors (Lipinski definition) is 0. The molecule has 135 heavy (non-hydrogen) atoms. The Morgan fingerprint density at radius 1 is 0.341 bits per heavy atom. The smallest absolute Gasteiger partial charge is 0.130 e. The van der Waals surface area contributed by atoms with E-state index >= 15 is 0 Å². The molecule has 5 atom stereocenters. The lowest BCUT2D eigenvalue weighted by molar-refractivity contribution is 0.219. The lowest BCUT2D eigenvalue weighted by atomic mass is 9.92. The highest BCUT2D eigenvalue weighted by atomic mass is 35.5. The highest BCUT2D eigenvalue weighted by Gasteiger charge is 2.36. The van der Waals surface area contributed by atoms with Gasteiger partial charge in [-0.25, -0.2) is 13.2 Å². The third kappa shape index (κ3) is 19.2. The van der Waals surface area contributed by atoms with E-state index < -0.39 is 0 Å². The van der Waals surface area contributed by atoms with Crippen LogP contribution in [0.15, 0.2) is 243 Å². The van der Waals surface area contributed by atoms with Gasteiger partial charge < -0.3 is 18.3 Å². The molecule has 5 aliphatic heterocycles. The molecule has 10 nitrogen and oxygen atoms in total. The summed E-state index contributed by atoms with van der Waals surface area (Å²) in [4.78, 5) is 12.1. The molecular weight excluding hydrogens is 1710 g/mol. The summed E-state index contributed by atoms with van der Waals surface area (Å²) in [7, 11) is 11.0. The van der Waals surface area contributed by atoms with Gasteiger partial charge in [-0.2, -0.15) is 0 Å². The molecule has 11 aromatic carbocycles. The van der Waals surface area contributed by atoms with Gasteiger partial charge in [0, 0.05) is 164 Å². The van der Waals surface area contributed by atoms with Crippen LogP contribution in [0.5, 0.6) is 0 Å². The largest absolute Gasteiger partial charge is 0.318 e. The molecule has 16 aromatic rings. The van der Waals surface area contributed by atoms with E-state index in [1.807, 2.05) is 93.6 Å². The van der Waals surface area contributed by atoms with Crippen molar-refractivity contribution in [2.75, 3.05) is 68.0 Å². The first kappa shape index (κ1) is 94.6. The molecule has 0 saturated heterocycles. The van der Waals surface area contributed by atoms with E-state index in [1.165, 1.54) is 174 Å². The Labute approximate surface area is 806 Å². The van der Waals surface area contributed by atoms with E-state index in [9.17, 15) is 13.2 Å². The number of nitrogens with zero attached hydrogens (tertiary/aromatic N) is 10. The van der Waals surface area contributed by atoms with Crippen LogP contribution in [0.4, 0.5) is 13.2 Å². The number of allylic oxidation sites excluding steroid dienone is 4. The summed E-state index contributed by atoms with van der Waals surface area (Å²) in [5, 5.41) is 8.23. The lowest BCUT2D eigenvalue weighted by Crippen LogP contribution is -2.33. The van der Waals surface area contributed by atoms with Gasteiger partial charge in [0.05, 0.1) is 45.4 Å². The number of aromatic nitrogens is 5. The summed E-state index contributed by atoms with van der Waals surface area (Å²) in [6, 6.07) is 86.2. The Bertz CT molecular complexity index is 6950. The highest BCUT2D eigenvalue weighted by molar-refractivity contribution is 6.31. The Hall–Kier alpha value is -12.2. The summed E-state index contributed by atoms with van der Waals surface area (Å²) >= 11 is 12.1. The van der Waals surface area contributed by atoms with E-state index in [-0.39, 0.29) is 23.5 Å². The first-order chi connectivity index (χ1) is 65.0. The Morgan fingerprint density at radius 2 is 0.644 bits per heavy atom. The average Bonchev–Trinajstić information content (AvgIpc) is 1.57. The molecule has 5 aromatic heterocycles. The van der Waals surface area contributed by atoms with Crippen LogP contribution in [0.1, 0.15) is 210 Å². The van der Waals surface area contributed by atoms with Gasteiger partial charge in [-0.05, 0) is 339 Å². The lowest BCUT2D eigenvalue weighted by Gasteiger charge is -2.34. The van der Waals surface area contributed by atoms with Gasteiger partial charge in [-0.3, -0.25) is 29.1 Å². The molecule has 0 aliphatic carbocycles. The van der Waals surface area contributed by atoms with Gasteiger partial charge in [0.15, 0.2) is 0 Å². The minimum Gasteiger partial charge on any atom is -0.318 e. The molecule has 21 rings (SSSR count). The second-order valence-corrected chi connectivity index (χ2v) is 39.0. The van der Waals surface area contributed by atoms with Crippen molar-refractivity contribution in [2.45, 2.75) is 159 Å². The fourth-order valence-corrected chi connectivity index (χ4v) is 21.5. The molecule has 0 N–H and O–H groups in total. The van der Waals surface area contributed by atoms with Crippen molar-refractivity contribution in [1.29, 1.82) is 0 Å². The SMILES string of the molecule is C/C(=C/n1c2c(c3cc(C)ccc31)CCN(C)C2C)c1ccccc1F.C/C(=C/n1c2c(c3cc(C)ccc31)CCN(C)C2C)c1ccccc1F.C/C(=C\n1c2c(c3cc(C)ccc31)CCN(C)C2C)c1ccccc1F.C/C(=C\n1c2c(c3cc(C)ccc31)CCN(C)C2c1ccccc1)c1ccc(Cl)cc1.CCC1c2c(c3cc(C)ccc3n2C#Cc2ccc(Cl)cc2)CCN1C. The Morgan fingerprint density at radius 3 is 1.01 bits per heavy atom. The monoisotopic (exact) mass is 1830 g/mol. The molecule has 0 radical (unpaired) electrons. The zero-order valence-electron chi connectivity index (χ0n) is 81.4. The van der Waals surface area contributed by atoms with Crippen molar-refractivity contribution in [2.24, 2.45) is 0 Å². The number of benzene rings is 11. The minimum absolute atomic E-state index is 0.174. The fraction of sp³-hybridized carbons (Fsp3) is 0.283. The van der Waals surface area contributed by atoms with E-state index in [0.29, 0.717) is 40.9 Å². The van der Waals surface area contributed by atoms with Crippen LogP contribution >= 0.6 is 23.2 Å². The molecule has 5 aliphatic rings. The van der Waals surface area contributed by atoms with Crippen molar-refractivity contribution in [3.63, 3.8) is 0 Å². The fourth-order valence-electron chi connectivity index (χ4n) is 21.2. The standard InChI is InChI=1S/C28H27ClN2.C23H23ClN2.3C23H25FN2/c1-19-9-14-26-25(17-19)24-15-16-30(3)27(22-7-5-4-6-8-22)28(24)31(26)18-20(2)21-10-12-23(29)13-11-21;1-4-21-23-19(12-13-25(21)3)20-15-16(2)5-10-22(20)26(23)14-11-17-6-8-18(24)9-7-17;3*1-15-9-10-22-20(13-15)19-11-12-25(4)17(3)23(19)26(22)14-16(2)18-7-5-6-8-21(18)24/h4-14,17-18,27H,15-16H2,1-3H3;5-10,15,21H,4,12-13H2,1-3H3;3*5-10,13-14,17H,11-12H2,1-4H3/b20-18+;;16-14+;2*16-14-. The molecule has 0 spiro atoms. The van der Waals surface area contributed by atoms with Crippen molar-refractivity contribution in [3.05, 3.63) is 388 Å². The molecule has 0 amide bonds. The number of aryl methyl sites for hydroxylation is 5. The summed E-state index contributed by atoms with van der Waals surface area (Å²) in [5.41, 5.74) is 36.1. The van der Waals surface area contributed by atoms with Crippen LogP contribution < -0.4 is 0 Å². The van der Waals surface area contributed by atoms with Gasteiger partial charge in [0.25, 0.3) is 0 Å². The maximum Gasteiger partial charge on any atom is 0.130 e. The topological polar surface area (TPSA) is 40.9 Å². The molecule has 10 heterocycles. The van der Waals surface area contributed by atoms with E-state index in [2.05, 4.69) is 322 Å². The van der Waals surface area contributed by atoms with Crippen LogP contribution in [0.2, 0.25) is 10.0 Å². The Balaban J connectivity index is 0.000000118. The number of fused-ring (bicyclic) bond motifs is 15. The second kappa shape index (κ2) is 40.4. The zero-order chi connectivity index (χ0) is 95.1. The van der Waals surface area contributed by atoms with Crippen molar-refractivity contribution in [1.82, 2.24) is 47.3 Å². The van der Waals surface area contributed by atoms with Crippen LogP contribution in [0.3, 0.4) is 0 Å². The predicted molar refractivity (Wildman–Crippen MR) is 565 cm³/mol. The third-order valence-electron chi connectivity index (χ3n) is 28.9. The van der Waals surface area contributed by atoms with E-state index in [1.54, 1.807) is 18.2 Å². The summed E-state index contributed by atoms with van der Waals surface area (Å²) in [6.45, 7) is 33.3. The van der Waals surface area contributed by atoms with Gasteiger partial charge >= 0.3 is 0 Å². The summed E-state index contributed by atoms with van der Waals surface area (Å²) < 4.78 is 54.3. The van der Waals surface area contributed by atoms with Crippen LogP contribution in [0, 0.1) is 64.0 Å². The maximum atomic E-state index is 14.3. The highest BCUT2D eigenvalue weighted by Crippen LogP contribution is 2.46. The van der Waals surface area contributed by atoms with Crippen molar-refractivity contribution < 1.29 is 13.2 Å². The zero-order valence-corrected chi connectivity index (χ0v) is 82.9. The molecule has 0 saturated carbocycles. The summed E-state index contributed by atoms with van der Waals surface area (Å²) in [6.07, 6.45) is 15.0.